The zero-order valence-electron chi connectivity index (χ0n) is 9.94. The van der Waals surface area contributed by atoms with Crippen LogP contribution in [0.1, 0.15) is 12.8 Å². The summed E-state index contributed by atoms with van der Waals surface area (Å²) < 4.78 is 12.3. The van der Waals surface area contributed by atoms with Gasteiger partial charge in [0.15, 0.2) is 5.75 Å². The van der Waals surface area contributed by atoms with Crippen molar-refractivity contribution in [2.24, 2.45) is 5.92 Å². The van der Waals surface area contributed by atoms with Gasteiger partial charge in [0.25, 0.3) is 5.19 Å². The molecule has 19 heavy (non-hydrogen) atoms. The van der Waals surface area contributed by atoms with Gasteiger partial charge in [-0.2, -0.15) is 0 Å². The number of ether oxygens (including phenoxy) is 2. The number of benzene rings is 1. The van der Waals surface area contributed by atoms with Crippen LogP contribution >= 0.6 is 38.9 Å². The van der Waals surface area contributed by atoms with Crippen LogP contribution in [0.15, 0.2) is 28.2 Å². The number of hydrogen-bond acceptors (Lipinski definition) is 4. The highest BCUT2D eigenvalue weighted by Gasteiger charge is 2.22. The van der Waals surface area contributed by atoms with Crippen LogP contribution in [-0.2, 0) is 0 Å². The molecule has 1 aromatic heterocycles. The van der Waals surface area contributed by atoms with Crippen LogP contribution in [0, 0.1) is 5.92 Å². The number of hydrogen-bond donors (Lipinski definition) is 0. The molecule has 0 bridgehead atoms. The van der Waals surface area contributed by atoms with E-state index in [1.807, 2.05) is 18.2 Å². The van der Waals surface area contributed by atoms with Crippen LogP contribution in [0.25, 0.3) is 0 Å². The molecule has 0 N–H and O–H groups in total. The smallest absolute Gasteiger partial charge is 0.279 e. The number of aromatic nitrogens is 1. The SMILES string of the molecule is Clc1c(OCC2CC2)cccc1Oc1ncc(Br)s1. The normalized spacial score (nSPS) is 14.4. The standard InChI is InChI=1S/C13H11BrClNO2S/c14-11-6-16-13(19-11)18-10-3-1-2-9(12(10)15)17-7-8-4-5-8/h1-3,6,8H,4-5,7H2. The first-order valence-electron chi connectivity index (χ1n) is 5.93. The highest BCUT2D eigenvalue weighted by Crippen LogP contribution is 2.39. The summed E-state index contributed by atoms with van der Waals surface area (Å²) in [5.74, 6) is 1.93. The van der Waals surface area contributed by atoms with Gasteiger partial charge in [-0.25, -0.2) is 4.98 Å². The molecule has 0 spiro atoms. The third-order valence-corrected chi connectivity index (χ3v) is 4.48. The summed E-state index contributed by atoms with van der Waals surface area (Å²) in [5.41, 5.74) is 0. The molecule has 1 aliphatic rings. The Labute approximate surface area is 128 Å². The summed E-state index contributed by atoms with van der Waals surface area (Å²) in [6.45, 7) is 0.728. The summed E-state index contributed by atoms with van der Waals surface area (Å²) in [7, 11) is 0. The van der Waals surface area contributed by atoms with Crippen LogP contribution in [0.5, 0.6) is 16.7 Å². The predicted octanol–water partition coefficient (Wildman–Crippen LogP) is 5.14. The first-order valence-corrected chi connectivity index (χ1v) is 7.91. The molecule has 0 amide bonds. The molecule has 0 saturated heterocycles. The van der Waals surface area contributed by atoms with Crippen LogP contribution in [0.3, 0.4) is 0 Å². The Balaban J connectivity index is 1.74. The van der Waals surface area contributed by atoms with Gasteiger partial charge in [0.1, 0.15) is 10.8 Å². The average Bonchev–Trinajstić information content (AvgIpc) is 3.13. The monoisotopic (exact) mass is 359 g/mol. The molecular weight excluding hydrogens is 350 g/mol. The van der Waals surface area contributed by atoms with E-state index in [1.165, 1.54) is 24.2 Å². The molecule has 1 aliphatic carbocycles. The maximum absolute atomic E-state index is 6.28. The summed E-state index contributed by atoms with van der Waals surface area (Å²) >= 11 is 11.0. The molecule has 1 heterocycles. The van der Waals surface area contributed by atoms with Crippen LogP contribution in [0.4, 0.5) is 0 Å². The van der Waals surface area contributed by atoms with Crippen LogP contribution < -0.4 is 9.47 Å². The molecule has 1 fully saturated rings. The molecule has 2 aromatic rings. The molecule has 1 aromatic carbocycles. The van der Waals surface area contributed by atoms with Crippen molar-refractivity contribution in [1.82, 2.24) is 4.98 Å². The molecule has 0 atom stereocenters. The summed E-state index contributed by atoms with van der Waals surface area (Å²) in [6.07, 6.45) is 4.20. The Morgan fingerprint density at radius 2 is 2.16 bits per heavy atom. The topological polar surface area (TPSA) is 31.4 Å². The number of halogens is 2. The minimum Gasteiger partial charge on any atom is -0.492 e. The molecule has 100 valence electrons. The van der Waals surface area contributed by atoms with Crippen LogP contribution in [0.2, 0.25) is 5.02 Å². The quantitative estimate of drug-likeness (QED) is 0.740. The second-order valence-corrected chi connectivity index (χ2v) is 7.11. The van der Waals surface area contributed by atoms with Crippen molar-refractivity contribution in [2.45, 2.75) is 12.8 Å². The molecule has 3 nitrogen and oxygen atoms in total. The Kier molecular flexibility index (Phi) is 3.96. The Bertz CT molecular complexity index is 586. The fourth-order valence-electron chi connectivity index (χ4n) is 1.55. The summed E-state index contributed by atoms with van der Waals surface area (Å²) in [4.78, 5) is 4.12. The third kappa shape index (κ3) is 3.41. The van der Waals surface area contributed by atoms with E-state index in [4.69, 9.17) is 21.1 Å². The first kappa shape index (κ1) is 13.2. The van der Waals surface area contributed by atoms with Gasteiger partial charge in [-0.3, -0.25) is 0 Å². The Hall–Kier alpha value is -0.780. The van der Waals surface area contributed by atoms with Gasteiger partial charge < -0.3 is 9.47 Å². The zero-order valence-corrected chi connectivity index (χ0v) is 13.1. The van der Waals surface area contributed by atoms with Gasteiger partial charge in [0.2, 0.25) is 0 Å². The fourth-order valence-corrected chi connectivity index (χ4v) is 2.80. The lowest BCUT2D eigenvalue weighted by Gasteiger charge is -2.10. The van der Waals surface area contributed by atoms with E-state index in [1.54, 1.807) is 6.20 Å². The van der Waals surface area contributed by atoms with Crippen molar-refractivity contribution in [3.63, 3.8) is 0 Å². The summed E-state index contributed by atoms with van der Waals surface area (Å²) in [6, 6.07) is 5.53. The van der Waals surface area contributed by atoms with E-state index < -0.39 is 0 Å². The van der Waals surface area contributed by atoms with E-state index in [-0.39, 0.29) is 0 Å². The lowest BCUT2D eigenvalue weighted by Crippen LogP contribution is -1.99. The van der Waals surface area contributed by atoms with Crippen molar-refractivity contribution in [2.75, 3.05) is 6.61 Å². The number of rotatable bonds is 5. The lowest BCUT2D eigenvalue weighted by atomic mass is 10.3. The van der Waals surface area contributed by atoms with Crippen molar-refractivity contribution in [1.29, 1.82) is 0 Å². The molecule has 1 saturated carbocycles. The van der Waals surface area contributed by atoms with Gasteiger partial charge in [0.05, 0.1) is 16.6 Å². The highest BCUT2D eigenvalue weighted by atomic mass is 79.9. The number of thiazole rings is 1. The second kappa shape index (κ2) is 5.69. The maximum atomic E-state index is 6.28. The Morgan fingerprint density at radius 3 is 2.84 bits per heavy atom. The first-order chi connectivity index (χ1) is 9.22. The minimum absolute atomic E-state index is 0.495. The van der Waals surface area contributed by atoms with E-state index in [0.717, 1.165) is 10.4 Å². The van der Waals surface area contributed by atoms with Crippen molar-refractivity contribution >= 4 is 38.9 Å². The molecule has 0 unspecified atom stereocenters. The molecule has 3 rings (SSSR count). The summed E-state index contributed by atoms with van der Waals surface area (Å²) in [5, 5.41) is 1.04. The van der Waals surface area contributed by atoms with E-state index in [9.17, 15) is 0 Å². The van der Waals surface area contributed by atoms with E-state index in [2.05, 4.69) is 20.9 Å². The molecular formula is C13H11BrClNO2S. The third-order valence-electron chi connectivity index (χ3n) is 2.75. The van der Waals surface area contributed by atoms with Gasteiger partial charge in [-0.1, -0.05) is 29.0 Å². The van der Waals surface area contributed by atoms with Crippen molar-refractivity contribution < 1.29 is 9.47 Å². The van der Waals surface area contributed by atoms with Gasteiger partial charge in [-0.15, -0.1) is 0 Å². The van der Waals surface area contributed by atoms with Gasteiger partial charge >= 0.3 is 0 Å². The van der Waals surface area contributed by atoms with Crippen molar-refractivity contribution in [3.05, 3.63) is 33.2 Å². The van der Waals surface area contributed by atoms with Gasteiger partial charge in [0, 0.05) is 0 Å². The Morgan fingerprint density at radius 1 is 1.37 bits per heavy atom. The molecule has 0 aliphatic heterocycles. The average molecular weight is 361 g/mol. The second-order valence-electron chi connectivity index (χ2n) is 4.35. The predicted molar refractivity (Wildman–Crippen MR) is 79.6 cm³/mol. The minimum atomic E-state index is 0.495. The molecule has 6 heteroatoms. The fraction of sp³-hybridized carbons (Fsp3) is 0.308. The maximum Gasteiger partial charge on any atom is 0.279 e. The molecule has 0 radical (unpaired) electrons. The number of nitrogens with zero attached hydrogens (tertiary/aromatic N) is 1. The van der Waals surface area contributed by atoms with E-state index >= 15 is 0 Å². The van der Waals surface area contributed by atoms with Gasteiger partial charge in [-0.05, 0) is 46.8 Å². The lowest BCUT2D eigenvalue weighted by molar-refractivity contribution is 0.298. The highest BCUT2D eigenvalue weighted by molar-refractivity contribution is 9.11. The van der Waals surface area contributed by atoms with Crippen molar-refractivity contribution in [3.8, 4) is 16.7 Å². The largest absolute Gasteiger partial charge is 0.492 e. The zero-order chi connectivity index (χ0) is 13.2. The van der Waals surface area contributed by atoms with E-state index in [0.29, 0.717) is 27.6 Å². The van der Waals surface area contributed by atoms with Crippen LogP contribution in [-0.4, -0.2) is 11.6 Å².